The van der Waals surface area contributed by atoms with Gasteiger partial charge in [-0.05, 0) is 37.8 Å². The highest BCUT2D eigenvalue weighted by Crippen LogP contribution is 2.30. The smallest absolute Gasteiger partial charge is 0.120 e. The maximum atomic E-state index is 9.77. The van der Waals surface area contributed by atoms with E-state index in [9.17, 15) is 5.11 Å². The van der Waals surface area contributed by atoms with E-state index in [1.807, 2.05) is 6.07 Å². The second kappa shape index (κ2) is 6.95. The molecule has 1 saturated carbocycles. The largest absolute Gasteiger partial charge is 0.508 e. The van der Waals surface area contributed by atoms with Crippen LogP contribution in [0.4, 0.5) is 0 Å². The molecule has 0 atom stereocenters. The van der Waals surface area contributed by atoms with Gasteiger partial charge in [0.2, 0.25) is 0 Å². The van der Waals surface area contributed by atoms with E-state index in [0.717, 1.165) is 30.5 Å². The third kappa shape index (κ3) is 4.54. The van der Waals surface area contributed by atoms with Gasteiger partial charge in [0, 0.05) is 12.1 Å². The van der Waals surface area contributed by atoms with Crippen LogP contribution in [0.1, 0.15) is 50.2 Å². The fraction of sp³-hybridized carbons (Fsp3) is 0.647. The zero-order chi connectivity index (χ0) is 13.7. The lowest BCUT2D eigenvalue weighted by atomic mass is 9.81. The number of rotatable bonds is 5. The zero-order valence-corrected chi connectivity index (χ0v) is 12.3. The molecule has 1 aromatic rings. The van der Waals surface area contributed by atoms with Crippen molar-refractivity contribution in [1.82, 2.24) is 5.32 Å². The molecule has 1 aliphatic rings. The first-order valence-electron chi connectivity index (χ1n) is 7.64. The van der Waals surface area contributed by atoms with E-state index in [0.29, 0.717) is 5.75 Å². The Bertz CT molecular complexity index is 394. The summed E-state index contributed by atoms with van der Waals surface area (Å²) >= 11 is 0. The quantitative estimate of drug-likeness (QED) is 0.785. The van der Waals surface area contributed by atoms with Gasteiger partial charge in [0.25, 0.3) is 0 Å². The molecule has 0 amide bonds. The second-order valence-corrected chi connectivity index (χ2v) is 6.22. The van der Waals surface area contributed by atoms with Crippen LogP contribution < -0.4 is 5.32 Å². The van der Waals surface area contributed by atoms with Gasteiger partial charge in [0.1, 0.15) is 5.75 Å². The summed E-state index contributed by atoms with van der Waals surface area (Å²) in [5.41, 5.74) is 2.22. The van der Waals surface area contributed by atoms with Gasteiger partial charge in [-0.3, -0.25) is 0 Å². The van der Waals surface area contributed by atoms with Crippen LogP contribution in [0, 0.1) is 18.8 Å². The molecular weight excluding hydrogens is 234 g/mol. The highest BCUT2D eigenvalue weighted by molar-refractivity contribution is 5.35. The molecule has 0 saturated heterocycles. The van der Waals surface area contributed by atoms with Gasteiger partial charge in [0.15, 0.2) is 0 Å². The van der Waals surface area contributed by atoms with E-state index in [4.69, 9.17) is 0 Å². The minimum Gasteiger partial charge on any atom is -0.508 e. The van der Waals surface area contributed by atoms with E-state index in [1.54, 1.807) is 6.07 Å². The van der Waals surface area contributed by atoms with E-state index < -0.39 is 0 Å². The summed E-state index contributed by atoms with van der Waals surface area (Å²) in [6, 6.07) is 5.79. The van der Waals surface area contributed by atoms with Gasteiger partial charge in [0.05, 0.1) is 0 Å². The first-order chi connectivity index (χ1) is 9.15. The summed E-state index contributed by atoms with van der Waals surface area (Å²) in [6.45, 7) is 6.27. The molecule has 0 aliphatic heterocycles. The minimum absolute atomic E-state index is 0.407. The summed E-state index contributed by atoms with van der Waals surface area (Å²) in [7, 11) is 0. The van der Waals surface area contributed by atoms with Gasteiger partial charge in [-0.1, -0.05) is 50.3 Å². The number of hydrogen-bond donors (Lipinski definition) is 2. The van der Waals surface area contributed by atoms with E-state index in [-0.39, 0.29) is 0 Å². The average molecular weight is 261 g/mol. The maximum Gasteiger partial charge on any atom is 0.120 e. The third-order valence-electron chi connectivity index (χ3n) is 4.42. The first-order valence-corrected chi connectivity index (χ1v) is 7.64. The number of aromatic hydroxyl groups is 1. The monoisotopic (exact) mass is 261 g/mol. The van der Waals surface area contributed by atoms with Gasteiger partial charge in [-0.15, -0.1) is 0 Å². The minimum atomic E-state index is 0.407. The molecule has 0 heterocycles. The molecule has 0 aromatic heterocycles. The third-order valence-corrected chi connectivity index (χ3v) is 4.42. The van der Waals surface area contributed by atoms with Crippen molar-refractivity contribution in [1.29, 1.82) is 0 Å². The highest BCUT2D eigenvalue weighted by Gasteiger charge is 2.17. The van der Waals surface area contributed by atoms with Gasteiger partial charge >= 0.3 is 0 Å². The lowest BCUT2D eigenvalue weighted by Crippen LogP contribution is -2.20. The number of aryl methyl sites for hydroxylation is 1. The number of nitrogens with one attached hydrogen (secondary N) is 1. The normalized spacial score (nSPS) is 23.5. The Morgan fingerprint density at radius 3 is 2.68 bits per heavy atom. The maximum absolute atomic E-state index is 9.77. The fourth-order valence-corrected chi connectivity index (χ4v) is 3.00. The van der Waals surface area contributed by atoms with Crippen molar-refractivity contribution >= 4 is 0 Å². The Kier molecular flexibility index (Phi) is 5.26. The SMILES string of the molecule is Cc1ccc(O)c(CNCCC2CCC(C)CC2)c1. The lowest BCUT2D eigenvalue weighted by molar-refractivity contribution is 0.275. The van der Waals surface area contributed by atoms with Crippen molar-refractivity contribution in [3.05, 3.63) is 29.3 Å². The molecule has 1 aliphatic carbocycles. The van der Waals surface area contributed by atoms with Crippen molar-refractivity contribution in [2.75, 3.05) is 6.54 Å². The Labute approximate surface area is 117 Å². The van der Waals surface area contributed by atoms with Crippen LogP contribution >= 0.6 is 0 Å². The Morgan fingerprint density at radius 1 is 1.21 bits per heavy atom. The molecule has 2 heteroatoms. The van der Waals surface area contributed by atoms with E-state index in [1.165, 1.54) is 37.7 Å². The van der Waals surface area contributed by atoms with Crippen molar-refractivity contribution in [2.24, 2.45) is 11.8 Å². The Morgan fingerprint density at radius 2 is 1.95 bits per heavy atom. The van der Waals surface area contributed by atoms with Crippen LogP contribution in [0.25, 0.3) is 0 Å². The molecule has 0 spiro atoms. The highest BCUT2D eigenvalue weighted by atomic mass is 16.3. The van der Waals surface area contributed by atoms with Crippen LogP contribution in [-0.2, 0) is 6.54 Å². The summed E-state index contributed by atoms with van der Waals surface area (Å²) < 4.78 is 0. The molecular formula is C17H27NO. The van der Waals surface area contributed by atoms with Crippen molar-refractivity contribution in [3.63, 3.8) is 0 Å². The zero-order valence-electron chi connectivity index (χ0n) is 12.3. The fourth-order valence-electron chi connectivity index (χ4n) is 3.00. The van der Waals surface area contributed by atoms with Crippen LogP contribution in [-0.4, -0.2) is 11.7 Å². The van der Waals surface area contributed by atoms with Gasteiger partial charge in [-0.25, -0.2) is 0 Å². The predicted molar refractivity (Wildman–Crippen MR) is 80.3 cm³/mol. The second-order valence-electron chi connectivity index (χ2n) is 6.22. The first kappa shape index (κ1) is 14.4. The molecule has 2 nitrogen and oxygen atoms in total. The van der Waals surface area contributed by atoms with Crippen LogP contribution in [0.2, 0.25) is 0 Å². The Hall–Kier alpha value is -1.02. The van der Waals surface area contributed by atoms with Crippen molar-refractivity contribution in [2.45, 2.75) is 52.5 Å². The molecule has 19 heavy (non-hydrogen) atoms. The molecule has 106 valence electrons. The molecule has 0 radical (unpaired) electrons. The van der Waals surface area contributed by atoms with E-state index >= 15 is 0 Å². The van der Waals surface area contributed by atoms with Gasteiger partial charge in [-0.2, -0.15) is 0 Å². The summed E-state index contributed by atoms with van der Waals surface area (Å²) in [5, 5.41) is 13.2. The molecule has 1 fully saturated rings. The number of hydrogen-bond acceptors (Lipinski definition) is 2. The molecule has 2 N–H and O–H groups in total. The summed E-state index contributed by atoms with van der Waals surface area (Å²) in [4.78, 5) is 0. The summed E-state index contributed by atoms with van der Waals surface area (Å²) in [5.74, 6) is 2.26. The molecule has 0 bridgehead atoms. The summed E-state index contributed by atoms with van der Waals surface area (Å²) in [6.07, 6.45) is 6.89. The van der Waals surface area contributed by atoms with Gasteiger partial charge < -0.3 is 10.4 Å². The number of benzene rings is 1. The molecule has 1 aromatic carbocycles. The predicted octanol–water partition coefficient (Wildman–Crippen LogP) is 4.01. The van der Waals surface area contributed by atoms with E-state index in [2.05, 4.69) is 25.2 Å². The van der Waals surface area contributed by atoms with Crippen molar-refractivity contribution in [3.8, 4) is 5.75 Å². The molecule has 2 rings (SSSR count). The van der Waals surface area contributed by atoms with Crippen molar-refractivity contribution < 1.29 is 5.11 Å². The number of phenolic OH excluding ortho intramolecular Hbond substituents is 1. The topological polar surface area (TPSA) is 32.3 Å². The standard InChI is InChI=1S/C17H27NO/c1-13-3-6-15(7-4-13)9-10-18-12-16-11-14(2)5-8-17(16)19/h5,8,11,13,15,18-19H,3-4,6-7,9-10,12H2,1-2H3. The van der Waals surface area contributed by atoms with Crippen LogP contribution in [0.3, 0.4) is 0 Å². The molecule has 0 unspecified atom stereocenters. The number of phenols is 1. The Balaban J connectivity index is 1.68. The van der Waals surface area contributed by atoms with Crippen LogP contribution in [0.15, 0.2) is 18.2 Å². The average Bonchev–Trinajstić information content (AvgIpc) is 2.40. The lowest BCUT2D eigenvalue weighted by Gasteiger charge is -2.26. The van der Waals surface area contributed by atoms with Crippen LogP contribution in [0.5, 0.6) is 5.75 Å².